The lowest BCUT2D eigenvalue weighted by Crippen LogP contribution is -2.57. The number of nitrogens with one attached hydrogen (secondary N) is 1. The highest BCUT2D eigenvalue weighted by Gasteiger charge is 2.40. The van der Waals surface area contributed by atoms with E-state index in [9.17, 15) is 5.11 Å². The summed E-state index contributed by atoms with van der Waals surface area (Å²) in [6.45, 7) is 1.24. The van der Waals surface area contributed by atoms with Crippen molar-refractivity contribution in [2.24, 2.45) is 7.05 Å². The molecule has 1 aliphatic heterocycles. The number of hydrogen-bond donors (Lipinski definition) is 2. The van der Waals surface area contributed by atoms with Crippen molar-refractivity contribution in [2.45, 2.75) is 5.60 Å². The van der Waals surface area contributed by atoms with Gasteiger partial charge in [-0.3, -0.25) is 0 Å². The second-order valence-corrected chi connectivity index (χ2v) is 5.17. The topological polar surface area (TPSA) is 37.2 Å². The number of β-amino-alcohol motifs (C(OH)–C–C–N with tert-alkyl or cyclic N) is 1. The van der Waals surface area contributed by atoms with Crippen molar-refractivity contribution < 1.29 is 5.11 Å². The minimum absolute atomic E-state index is 0.621. The molecule has 2 heterocycles. The Balaban J connectivity index is 2.32. The van der Waals surface area contributed by atoms with Crippen LogP contribution in [0.4, 0.5) is 0 Å². The number of nitrogens with zero attached hydrogens (tertiary/aromatic N) is 1. The molecular formula is C12H13BrN2O. The third-order valence-electron chi connectivity index (χ3n) is 3.32. The summed E-state index contributed by atoms with van der Waals surface area (Å²) >= 11 is 3.60. The number of rotatable bonds is 1. The van der Waals surface area contributed by atoms with Gasteiger partial charge in [0.1, 0.15) is 5.60 Å². The van der Waals surface area contributed by atoms with Crippen LogP contribution in [-0.2, 0) is 12.6 Å². The van der Waals surface area contributed by atoms with Gasteiger partial charge in [0.25, 0.3) is 0 Å². The van der Waals surface area contributed by atoms with Gasteiger partial charge in [0.2, 0.25) is 0 Å². The smallest absolute Gasteiger partial charge is 0.130 e. The maximum absolute atomic E-state index is 10.4. The lowest BCUT2D eigenvalue weighted by molar-refractivity contribution is -0.0212. The molecule has 0 radical (unpaired) electrons. The van der Waals surface area contributed by atoms with Crippen LogP contribution in [0.2, 0.25) is 0 Å². The van der Waals surface area contributed by atoms with Gasteiger partial charge in [-0.25, -0.2) is 0 Å². The highest BCUT2D eigenvalue weighted by Crippen LogP contribution is 2.38. The third-order valence-corrected chi connectivity index (χ3v) is 4.12. The van der Waals surface area contributed by atoms with Crippen molar-refractivity contribution in [3.05, 3.63) is 34.4 Å². The number of para-hydroxylation sites is 1. The van der Waals surface area contributed by atoms with Crippen molar-refractivity contribution in [1.29, 1.82) is 0 Å². The molecule has 3 nitrogen and oxygen atoms in total. The first-order valence-corrected chi connectivity index (χ1v) is 6.09. The molecule has 84 valence electrons. The SMILES string of the molecule is Cn1c(C2(O)CNC2)c(Br)c2ccccc21. The molecular weight excluding hydrogens is 268 g/mol. The summed E-state index contributed by atoms with van der Waals surface area (Å²) in [5, 5.41) is 14.7. The van der Waals surface area contributed by atoms with E-state index in [1.807, 2.05) is 19.2 Å². The Kier molecular flexibility index (Phi) is 2.14. The van der Waals surface area contributed by atoms with Crippen LogP contribution in [0.15, 0.2) is 28.7 Å². The van der Waals surface area contributed by atoms with Crippen molar-refractivity contribution in [3.8, 4) is 0 Å². The number of fused-ring (bicyclic) bond motifs is 1. The Hall–Kier alpha value is -0.840. The summed E-state index contributed by atoms with van der Waals surface area (Å²) in [7, 11) is 2.00. The number of aliphatic hydroxyl groups is 1. The first-order chi connectivity index (χ1) is 7.63. The zero-order valence-electron chi connectivity index (χ0n) is 9.00. The van der Waals surface area contributed by atoms with Gasteiger partial charge in [0, 0.05) is 35.5 Å². The van der Waals surface area contributed by atoms with E-state index in [0.717, 1.165) is 21.1 Å². The molecule has 16 heavy (non-hydrogen) atoms. The predicted molar refractivity (Wildman–Crippen MR) is 67.4 cm³/mol. The Bertz CT molecular complexity index is 518. The molecule has 3 rings (SSSR count). The van der Waals surface area contributed by atoms with Gasteiger partial charge in [-0.15, -0.1) is 0 Å². The summed E-state index contributed by atoms with van der Waals surface area (Å²) in [6.07, 6.45) is 0. The highest BCUT2D eigenvalue weighted by atomic mass is 79.9. The Labute approximate surface area is 102 Å². The second-order valence-electron chi connectivity index (χ2n) is 4.37. The van der Waals surface area contributed by atoms with E-state index in [1.54, 1.807) is 0 Å². The fourth-order valence-electron chi connectivity index (χ4n) is 2.39. The Morgan fingerprint density at radius 3 is 2.62 bits per heavy atom. The zero-order chi connectivity index (χ0) is 11.3. The van der Waals surface area contributed by atoms with Gasteiger partial charge in [-0.1, -0.05) is 18.2 Å². The monoisotopic (exact) mass is 280 g/mol. The fraction of sp³-hybridized carbons (Fsp3) is 0.333. The number of hydrogen-bond acceptors (Lipinski definition) is 2. The first kappa shape index (κ1) is 10.3. The van der Waals surface area contributed by atoms with E-state index in [-0.39, 0.29) is 0 Å². The van der Waals surface area contributed by atoms with E-state index < -0.39 is 5.60 Å². The summed E-state index contributed by atoms with van der Waals surface area (Å²) < 4.78 is 3.08. The molecule has 0 atom stereocenters. The van der Waals surface area contributed by atoms with Gasteiger partial charge in [0.05, 0.1) is 5.69 Å². The van der Waals surface area contributed by atoms with E-state index in [1.165, 1.54) is 0 Å². The molecule has 0 amide bonds. The van der Waals surface area contributed by atoms with Crippen LogP contribution < -0.4 is 5.32 Å². The molecule has 2 N–H and O–H groups in total. The van der Waals surface area contributed by atoms with Gasteiger partial charge >= 0.3 is 0 Å². The number of benzene rings is 1. The van der Waals surface area contributed by atoms with Crippen LogP contribution >= 0.6 is 15.9 Å². The van der Waals surface area contributed by atoms with Crippen LogP contribution in [0.5, 0.6) is 0 Å². The highest BCUT2D eigenvalue weighted by molar-refractivity contribution is 9.10. The second kappa shape index (κ2) is 3.32. The minimum Gasteiger partial charge on any atom is -0.381 e. The lowest BCUT2D eigenvalue weighted by Gasteiger charge is -2.38. The van der Waals surface area contributed by atoms with Gasteiger partial charge < -0.3 is 15.0 Å². The van der Waals surface area contributed by atoms with Crippen LogP contribution in [0.25, 0.3) is 10.9 Å². The van der Waals surface area contributed by atoms with Crippen LogP contribution in [-0.4, -0.2) is 22.8 Å². The van der Waals surface area contributed by atoms with Crippen LogP contribution in [0, 0.1) is 0 Å². The van der Waals surface area contributed by atoms with Crippen molar-refractivity contribution in [1.82, 2.24) is 9.88 Å². The van der Waals surface area contributed by atoms with E-state index in [4.69, 9.17) is 0 Å². The van der Waals surface area contributed by atoms with Gasteiger partial charge in [-0.05, 0) is 22.0 Å². The lowest BCUT2D eigenvalue weighted by atomic mass is 9.93. The average molecular weight is 281 g/mol. The molecule has 1 aromatic heterocycles. The molecule has 1 saturated heterocycles. The number of aromatic nitrogens is 1. The summed E-state index contributed by atoms with van der Waals surface area (Å²) in [4.78, 5) is 0. The summed E-state index contributed by atoms with van der Waals surface area (Å²) in [5.41, 5.74) is 1.38. The standard InChI is InChI=1S/C12H13BrN2O/c1-15-9-5-3-2-4-8(9)10(13)11(15)12(16)6-14-7-12/h2-5,14,16H,6-7H2,1H3. The molecule has 1 fully saturated rings. The molecule has 0 spiro atoms. The quantitative estimate of drug-likeness (QED) is 0.835. The third kappa shape index (κ3) is 1.21. The molecule has 0 bridgehead atoms. The van der Waals surface area contributed by atoms with Crippen LogP contribution in [0.3, 0.4) is 0 Å². The largest absolute Gasteiger partial charge is 0.381 e. The van der Waals surface area contributed by atoms with E-state index in [2.05, 4.69) is 37.9 Å². The van der Waals surface area contributed by atoms with Gasteiger partial charge in [-0.2, -0.15) is 0 Å². The minimum atomic E-state index is -0.730. The molecule has 1 aromatic carbocycles. The fourth-order valence-corrected chi connectivity index (χ4v) is 3.36. The molecule has 4 heteroatoms. The Morgan fingerprint density at radius 2 is 2.06 bits per heavy atom. The number of halogens is 1. The maximum Gasteiger partial charge on any atom is 0.130 e. The van der Waals surface area contributed by atoms with Crippen molar-refractivity contribution >= 4 is 26.8 Å². The maximum atomic E-state index is 10.4. The molecule has 0 saturated carbocycles. The normalized spacial score (nSPS) is 18.7. The molecule has 1 aliphatic rings. The van der Waals surface area contributed by atoms with E-state index >= 15 is 0 Å². The molecule has 0 unspecified atom stereocenters. The average Bonchev–Trinajstić information content (AvgIpc) is 2.50. The van der Waals surface area contributed by atoms with Crippen molar-refractivity contribution in [3.63, 3.8) is 0 Å². The number of aryl methyl sites for hydroxylation is 1. The predicted octanol–water partition coefficient (Wildman–Crippen LogP) is 1.73. The van der Waals surface area contributed by atoms with Crippen molar-refractivity contribution in [2.75, 3.05) is 13.1 Å². The first-order valence-electron chi connectivity index (χ1n) is 5.30. The summed E-state index contributed by atoms with van der Waals surface area (Å²) in [6, 6.07) is 8.17. The molecule has 2 aromatic rings. The van der Waals surface area contributed by atoms with E-state index in [0.29, 0.717) is 13.1 Å². The molecule has 0 aliphatic carbocycles. The summed E-state index contributed by atoms with van der Waals surface area (Å²) in [5.74, 6) is 0. The Morgan fingerprint density at radius 1 is 1.38 bits per heavy atom. The zero-order valence-corrected chi connectivity index (χ0v) is 10.6. The van der Waals surface area contributed by atoms with Crippen LogP contribution in [0.1, 0.15) is 5.69 Å². The van der Waals surface area contributed by atoms with Gasteiger partial charge in [0.15, 0.2) is 0 Å².